The van der Waals surface area contributed by atoms with Gasteiger partial charge in [0.1, 0.15) is 9.34 Å². The number of hydrogen-bond donors (Lipinski definition) is 1. The van der Waals surface area contributed by atoms with Crippen LogP contribution in [0.4, 0.5) is 0 Å². The zero-order chi connectivity index (χ0) is 10.4. The van der Waals surface area contributed by atoms with Crippen molar-refractivity contribution in [2.75, 3.05) is 13.2 Å². The summed E-state index contributed by atoms with van der Waals surface area (Å²) in [5.41, 5.74) is 0. The van der Waals surface area contributed by atoms with Gasteiger partial charge >= 0.3 is 5.97 Å². The average molecular weight is 235 g/mol. The van der Waals surface area contributed by atoms with Crippen molar-refractivity contribution in [3.63, 3.8) is 0 Å². The fourth-order valence-corrected chi connectivity index (χ4v) is 1.78. The van der Waals surface area contributed by atoms with E-state index in [-0.39, 0.29) is 12.5 Å². The van der Waals surface area contributed by atoms with Crippen LogP contribution in [0.5, 0.6) is 0 Å². The van der Waals surface area contributed by atoms with Crippen LogP contribution in [0.15, 0.2) is 6.20 Å². The maximum atomic E-state index is 10.9. The molecule has 14 heavy (non-hydrogen) atoms. The largest absolute Gasteiger partial charge is 0.465 e. The zero-order valence-corrected chi connectivity index (χ0v) is 9.32. The summed E-state index contributed by atoms with van der Waals surface area (Å²) in [6.07, 6.45) is 1.59. The van der Waals surface area contributed by atoms with Crippen LogP contribution in [0.25, 0.3) is 0 Å². The van der Waals surface area contributed by atoms with E-state index in [0.717, 1.165) is 5.01 Å². The first-order chi connectivity index (χ1) is 6.72. The molecule has 1 heterocycles. The van der Waals surface area contributed by atoms with E-state index < -0.39 is 0 Å². The molecule has 0 radical (unpaired) electrons. The monoisotopic (exact) mass is 234 g/mol. The van der Waals surface area contributed by atoms with Crippen molar-refractivity contribution in [2.24, 2.45) is 0 Å². The number of halogens is 1. The lowest BCUT2D eigenvalue weighted by Gasteiger charge is -2.01. The Balaban J connectivity index is 2.18. The van der Waals surface area contributed by atoms with Gasteiger partial charge in [0.15, 0.2) is 0 Å². The predicted octanol–water partition coefficient (Wildman–Crippen LogP) is 1.45. The zero-order valence-electron chi connectivity index (χ0n) is 7.75. The predicted molar refractivity (Wildman–Crippen MR) is 55.5 cm³/mol. The van der Waals surface area contributed by atoms with Gasteiger partial charge in [0, 0.05) is 6.54 Å². The lowest BCUT2D eigenvalue weighted by molar-refractivity contribution is -0.142. The van der Waals surface area contributed by atoms with Gasteiger partial charge in [0.05, 0.1) is 19.3 Å². The first-order valence-electron chi connectivity index (χ1n) is 4.19. The number of hydrogen-bond acceptors (Lipinski definition) is 5. The third-order valence-electron chi connectivity index (χ3n) is 1.38. The van der Waals surface area contributed by atoms with E-state index in [0.29, 0.717) is 17.5 Å². The SMILES string of the molecule is CCOC(=O)CNCc1ncc(Cl)s1. The molecule has 0 aliphatic heterocycles. The molecular weight excluding hydrogens is 224 g/mol. The molecule has 0 fully saturated rings. The van der Waals surface area contributed by atoms with E-state index >= 15 is 0 Å². The summed E-state index contributed by atoms with van der Waals surface area (Å²) in [4.78, 5) is 14.9. The van der Waals surface area contributed by atoms with Crippen molar-refractivity contribution in [3.05, 3.63) is 15.5 Å². The Morgan fingerprint density at radius 1 is 1.79 bits per heavy atom. The molecule has 4 nitrogen and oxygen atoms in total. The second-order valence-electron chi connectivity index (χ2n) is 2.47. The first kappa shape index (κ1) is 11.4. The van der Waals surface area contributed by atoms with Gasteiger partial charge in [-0.25, -0.2) is 4.98 Å². The normalized spacial score (nSPS) is 10.1. The van der Waals surface area contributed by atoms with E-state index in [1.807, 2.05) is 0 Å². The maximum Gasteiger partial charge on any atom is 0.319 e. The van der Waals surface area contributed by atoms with Crippen LogP contribution in [0, 0.1) is 0 Å². The molecule has 0 aliphatic carbocycles. The number of aromatic nitrogens is 1. The summed E-state index contributed by atoms with van der Waals surface area (Å²) >= 11 is 7.08. The number of thiazole rings is 1. The third kappa shape index (κ3) is 4.04. The maximum absolute atomic E-state index is 10.9. The van der Waals surface area contributed by atoms with Crippen molar-refractivity contribution < 1.29 is 9.53 Å². The van der Waals surface area contributed by atoms with Crippen LogP contribution in [0.3, 0.4) is 0 Å². The van der Waals surface area contributed by atoms with Crippen molar-refractivity contribution in [2.45, 2.75) is 13.5 Å². The first-order valence-corrected chi connectivity index (χ1v) is 5.38. The minimum Gasteiger partial charge on any atom is -0.465 e. The fraction of sp³-hybridized carbons (Fsp3) is 0.500. The lowest BCUT2D eigenvalue weighted by Crippen LogP contribution is -2.24. The van der Waals surface area contributed by atoms with Gasteiger partial charge in [-0.1, -0.05) is 11.6 Å². The molecule has 0 saturated heterocycles. The Morgan fingerprint density at radius 2 is 2.57 bits per heavy atom. The Hall–Kier alpha value is -0.650. The summed E-state index contributed by atoms with van der Waals surface area (Å²) in [7, 11) is 0. The van der Waals surface area contributed by atoms with Gasteiger partial charge in [-0.2, -0.15) is 0 Å². The second-order valence-corrected chi connectivity index (χ2v) is 4.21. The van der Waals surface area contributed by atoms with Crippen LogP contribution in [0.1, 0.15) is 11.9 Å². The number of nitrogens with zero attached hydrogens (tertiary/aromatic N) is 1. The number of carbonyl (C=O) groups excluding carboxylic acids is 1. The van der Waals surface area contributed by atoms with E-state index in [1.165, 1.54) is 11.3 Å². The van der Waals surface area contributed by atoms with Gasteiger partial charge in [-0.3, -0.25) is 4.79 Å². The van der Waals surface area contributed by atoms with Gasteiger partial charge in [-0.15, -0.1) is 11.3 Å². The van der Waals surface area contributed by atoms with E-state index in [2.05, 4.69) is 10.3 Å². The summed E-state index contributed by atoms with van der Waals surface area (Å²) < 4.78 is 5.39. The average Bonchev–Trinajstić information content (AvgIpc) is 2.52. The van der Waals surface area contributed by atoms with E-state index in [9.17, 15) is 4.79 Å². The van der Waals surface area contributed by atoms with Crippen LogP contribution in [-0.4, -0.2) is 24.1 Å². The highest BCUT2D eigenvalue weighted by molar-refractivity contribution is 7.15. The molecule has 0 unspecified atom stereocenters. The van der Waals surface area contributed by atoms with Gasteiger partial charge in [0.2, 0.25) is 0 Å². The molecule has 78 valence electrons. The Bertz CT molecular complexity index is 303. The van der Waals surface area contributed by atoms with Gasteiger partial charge in [0.25, 0.3) is 0 Å². The number of carbonyl (C=O) groups is 1. The number of rotatable bonds is 5. The second kappa shape index (κ2) is 5.95. The van der Waals surface area contributed by atoms with Crippen molar-refractivity contribution in [3.8, 4) is 0 Å². The minimum atomic E-state index is -0.254. The molecule has 1 N–H and O–H groups in total. The molecule has 0 bridgehead atoms. The number of esters is 1. The standard InChI is InChI=1S/C8H11ClN2O2S/c1-2-13-8(12)5-10-4-7-11-3-6(9)14-7/h3,10H,2,4-5H2,1H3. The molecule has 0 amide bonds. The molecule has 0 aliphatic rings. The molecule has 1 rings (SSSR count). The molecular formula is C8H11ClN2O2S. The van der Waals surface area contributed by atoms with Crippen LogP contribution in [-0.2, 0) is 16.1 Å². The molecule has 0 atom stereocenters. The van der Waals surface area contributed by atoms with Gasteiger partial charge in [-0.05, 0) is 6.92 Å². The Labute approximate surface area is 91.2 Å². The van der Waals surface area contributed by atoms with Crippen LogP contribution >= 0.6 is 22.9 Å². The molecule has 6 heteroatoms. The van der Waals surface area contributed by atoms with Crippen LogP contribution < -0.4 is 5.32 Å². The minimum absolute atomic E-state index is 0.199. The van der Waals surface area contributed by atoms with E-state index in [1.54, 1.807) is 13.1 Å². The molecule has 1 aromatic rings. The Kier molecular flexibility index (Phi) is 4.86. The van der Waals surface area contributed by atoms with E-state index in [4.69, 9.17) is 16.3 Å². The molecule has 1 aromatic heterocycles. The summed E-state index contributed by atoms with van der Waals surface area (Å²) in [5.74, 6) is -0.254. The molecule has 0 saturated carbocycles. The Morgan fingerprint density at radius 3 is 3.14 bits per heavy atom. The highest BCUT2D eigenvalue weighted by Crippen LogP contribution is 2.17. The third-order valence-corrected chi connectivity index (χ3v) is 2.49. The number of nitrogens with one attached hydrogen (secondary N) is 1. The van der Waals surface area contributed by atoms with Gasteiger partial charge < -0.3 is 10.1 Å². The number of ether oxygens (including phenoxy) is 1. The van der Waals surface area contributed by atoms with Crippen molar-refractivity contribution in [1.29, 1.82) is 0 Å². The van der Waals surface area contributed by atoms with Crippen molar-refractivity contribution in [1.82, 2.24) is 10.3 Å². The molecule has 0 aromatic carbocycles. The molecule has 0 spiro atoms. The summed E-state index contributed by atoms with van der Waals surface area (Å²) in [6, 6.07) is 0. The summed E-state index contributed by atoms with van der Waals surface area (Å²) in [5, 5.41) is 3.77. The quantitative estimate of drug-likeness (QED) is 0.784. The smallest absolute Gasteiger partial charge is 0.319 e. The fourth-order valence-electron chi connectivity index (χ4n) is 0.853. The topological polar surface area (TPSA) is 51.2 Å². The lowest BCUT2D eigenvalue weighted by atomic mass is 10.6. The van der Waals surface area contributed by atoms with Crippen LogP contribution in [0.2, 0.25) is 4.34 Å². The van der Waals surface area contributed by atoms with Crippen molar-refractivity contribution >= 4 is 28.9 Å². The highest BCUT2D eigenvalue weighted by atomic mass is 35.5. The highest BCUT2D eigenvalue weighted by Gasteiger charge is 2.02. The summed E-state index contributed by atoms with van der Waals surface area (Å²) in [6.45, 7) is 2.92.